The Hall–Kier alpha value is -3.52. The highest BCUT2D eigenvalue weighted by Crippen LogP contribution is 2.24. The van der Waals surface area contributed by atoms with Gasteiger partial charge in [-0.2, -0.15) is 0 Å². The van der Waals surface area contributed by atoms with Crippen molar-refractivity contribution >= 4 is 28.4 Å². The van der Waals surface area contributed by atoms with Crippen LogP contribution in [0.4, 0.5) is 5.69 Å². The van der Waals surface area contributed by atoms with E-state index in [4.69, 9.17) is 15.2 Å². The van der Waals surface area contributed by atoms with Crippen molar-refractivity contribution in [3.63, 3.8) is 0 Å². The van der Waals surface area contributed by atoms with Gasteiger partial charge in [-0.3, -0.25) is 4.79 Å². The molecule has 0 saturated carbocycles. The number of hydrogen-bond donors (Lipinski definition) is 2. The molecule has 0 aliphatic carbocycles. The molecule has 0 spiro atoms. The first-order chi connectivity index (χ1) is 16.2. The van der Waals surface area contributed by atoms with E-state index in [2.05, 4.69) is 27.0 Å². The van der Waals surface area contributed by atoms with Gasteiger partial charge in [0.25, 0.3) is 5.91 Å². The number of H-pyrrole nitrogens is 1. The fraction of sp³-hybridized carbons (Fsp3) is 0.360. The van der Waals surface area contributed by atoms with E-state index in [0.717, 1.165) is 59.7 Å². The van der Waals surface area contributed by atoms with Crippen LogP contribution >= 0.6 is 0 Å². The van der Waals surface area contributed by atoms with Gasteiger partial charge < -0.3 is 30.0 Å². The van der Waals surface area contributed by atoms with Crippen LogP contribution in [0, 0.1) is 0 Å². The Kier molecular flexibility index (Phi) is 6.17. The number of benzene rings is 2. The maximum atomic E-state index is 12.7. The summed E-state index contributed by atoms with van der Waals surface area (Å²) in [7, 11) is 0. The molecular weight excluding hydrogens is 418 g/mol. The van der Waals surface area contributed by atoms with E-state index < -0.39 is 0 Å². The minimum atomic E-state index is 0.0118. The van der Waals surface area contributed by atoms with Crippen LogP contribution in [0.3, 0.4) is 0 Å². The Labute approximate surface area is 193 Å². The zero-order valence-corrected chi connectivity index (χ0v) is 18.6. The average molecular weight is 448 g/mol. The van der Waals surface area contributed by atoms with E-state index in [0.29, 0.717) is 32.0 Å². The van der Waals surface area contributed by atoms with E-state index in [1.54, 1.807) is 0 Å². The van der Waals surface area contributed by atoms with Crippen LogP contribution < -0.4 is 15.4 Å². The highest BCUT2D eigenvalue weighted by atomic mass is 16.5. The fourth-order valence-corrected chi connectivity index (χ4v) is 4.38. The van der Waals surface area contributed by atoms with Crippen LogP contribution in [0.1, 0.15) is 11.1 Å². The second kappa shape index (κ2) is 9.54. The molecule has 33 heavy (non-hydrogen) atoms. The highest BCUT2D eigenvalue weighted by Gasteiger charge is 2.22. The van der Waals surface area contributed by atoms with Crippen molar-refractivity contribution < 1.29 is 14.3 Å². The Morgan fingerprint density at radius 2 is 1.94 bits per heavy atom. The third-order valence-electron chi connectivity index (χ3n) is 6.21. The molecule has 8 nitrogen and oxygen atoms in total. The number of ether oxygens (including phenoxy) is 2. The molecule has 2 aliphatic heterocycles. The van der Waals surface area contributed by atoms with Crippen molar-refractivity contribution in [3.8, 4) is 5.75 Å². The molecular formula is C25H29N5O3. The molecule has 3 N–H and O–H groups in total. The SMILES string of the molecule is NCCc1c[nH]c2ccc(OCC(=O)N3CCN(c4ccc(C5=NCCO5)cc4)CC3)cc12. The number of nitrogens with zero attached hydrogens (tertiary/aromatic N) is 3. The summed E-state index contributed by atoms with van der Waals surface area (Å²) in [4.78, 5) is 24.5. The van der Waals surface area contributed by atoms with Crippen LogP contribution in [0.25, 0.3) is 10.9 Å². The first-order valence-corrected chi connectivity index (χ1v) is 11.4. The Morgan fingerprint density at radius 3 is 2.67 bits per heavy atom. The summed E-state index contributed by atoms with van der Waals surface area (Å²) in [5, 5.41) is 1.09. The van der Waals surface area contributed by atoms with E-state index in [1.165, 1.54) is 0 Å². The highest BCUT2D eigenvalue weighted by molar-refractivity contribution is 5.95. The lowest BCUT2D eigenvalue weighted by Gasteiger charge is -2.36. The second-order valence-corrected chi connectivity index (χ2v) is 8.30. The van der Waals surface area contributed by atoms with Crippen molar-refractivity contribution in [3.05, 3.63) is 59.8 Å². The number of anilines is 1. The zero-order chi connectivity index (χ0) is 22.6. The number of aliphatic imine (C=N–C) groups is 1. The lowest BCUT2D eigenvalue weighted by Crippen LogP contribution is -2.50. The fourth-order valence-electron chi connectivity index (χ4n) is 4.38. The Morgan fingerprint density at radius 1 is 1.12 bits per heavy atom. The van der Waals surface area contributed by atoms with E-state index in [9.17, 15) is 4.79 Å². The number of rotatable bonds is 7. The largest absolute Gasteiger partial charge is 0.484 e. The molecule has 1 amide bonds. The van der Waals surface area contributed by atoms with E-state index in [-0.39, 0.29) is 12.5 Å². The maximum absolute atomic E-state index is 12.7. The van der Waals surface area contributed by atoms with Gasteiger partial charge in [-0.05, 0) is 61.0 Å². The van der Waals surface area contributed by atoms with E-state index >= 15 is 0 Å². The molecule has 1 saturated heterocycles. The molecule has 172 valence electrons. The number of piperazine rings is 1. The summed E-state index contributed by atoms with van der Waals surface area (Å²) in [6, 6.07) is 14.1. The molecule has 3 aromatic rings. The number of carbonyl (C=O) groups is 1. The zero-order valence-electron chi connectivity index (χ0n) is 18.6. The summed E-state index contributed by atoms with van der Waals surface area (Å²) in [5.41, 5.74) is 10.1. The molecule has 2 aliphatic rings. The lowest BCUT2D eigenvalue weighted by molar-refractivity contribution is -0.133. The first-order valence-electron chi connectivity index (χ1n) is 11.4. The van der Waals surface area contributed by atoms with Gasteiger partial charge in [0.1, 0.15) is 12.4 Å². The third-order valence-corrected chi connectivity index (χ3v) is 6.21. The molecule has 8 heteroatoms. The Bertz CT molecular complexity index is 1150. The quantitative estimate of drug-likeness (QED) is 0.579. The summed E-state index contributed by atoms with van der Waals surface area (Å²) >= 11 is 0. The average Bonchev–Trinajstić information content (AvgIpc) is 3.54. The minimum absolute atomic E-state index is 0.0118. The van der Waals surface area contributed by atoms with Gasteiger partial charge in [-0.1, -0.05) is 0 Å². The van der Waals surface area contributed by atoms with Crippen molar-refractivity contribution in [1.29, 1.82) is 0 Å². The Balaban J connectivity index is 1.13. The molecule has 0 radical (unpaired) electrons. The van der Waals surface area contributed by atoms with Gasteiger partial charge in [0.05, 0.1) is 6.54 Å². The minimum Gasteiger partial charge on any atom is -0.484 e. The number of nitrogens with one attached hydrogen (secondary N) is 1. The summed E-state index contributed by atoms with van der Waals surface area (Å²) in [5.74, 6) is 1.43. The van der Waals surface area contributed by atoms with Crippen LogP contribution in [0.5, 0.6) is 5.75 Å². The standard InChI is InChI=1S/C25H29N5O3/c26-8-7-19-16-28-23-6-5-21(15-22(19)23)33-17-24(31)30-12-10-29(11-13-30)20-3-1-18(2-4-20)25-27-9-14-32-25/h1-6,15-16,28H,7-14,17,26H2. The van der Waals surface area contributed by atoms with Gasteiger partial charge in [-0.25, -0.2) is 4.99 Å². The molecule has 2 aromatic carbocycles. The van der Waals surface area contributed by atoms with E-state index in [1.807, 2.05) is 41.4 Å². The van der Waals surface area contributed by atoms with Crippen molar-refractivity contribution in [1.82, 2.24) is 9.88 Å². The van der Waals surface area contributed by atoms with Crippen LogP contribution in [0.2, 0.25) is 0 Å². The molecule has 5 rings (SSSR count). The first kappa shape index (κ1) is 21.3. The number of hydrogen-bond acceptors (Lipinski definition) is 6. The normalized spacial score (nSPS) is 16.1. The van der Waals surface area contributed by atoms with Crippen LogP contribution in [-0.2, 0) is 16.0 Å². The van der Waals surface area contributed by atoms with Crippen molar-refractivity contribution in [2.75, 3.05) is 57.4 Å². The lowest BCUT2D eigenvalue weighted by atomic mass is 10.1. The number of amides is 1. The number of nitrogens with two attached hydrogens (primary N) is 1. The van der Waals surface area contributed by atoms with Gasteiger partial charge >= 0.3 is 0 Å². The predicted octanol–water partition coefficient (Wildman–Crippen LogP) is 2.17. The topological polar surface area (TPSA) is 96.2 Å². The summed E-state index contributed by atoms with van der Waals surface area (Å²) in [6.07, 6.45) is 2.79. The molecule has 1 aromatic heterocycles. The smallest absolute Gasteiger partial charge is 0.260 e. The van der Waals surface area contributed by atoms with Gasteiger partial charge in [-0.15, -0.1) is 0 Å². The number of carbonyl (C=O) groups excluding carboxylic acids is 1. The monoisotopic (exact) mass is 447 g/mol. The summed E-state index contributed by atoms with van der Waals surface area (Å²) < 4.78 is 11.4. The van der Waals surface area contributed by atoms with Gasteiger partial charge in [0, 0.05) is 54.5 Å². The molecule has 1 fully saturated rings. The number of aromatic amines is 1. The van der Waals surface area contributed by atoms with Gasteiger partial charge in [0.15, 0.2) is 6.61 Å². The summed E-state index contributed by atoms with van der Waals surface area (Å²) in [6.45, 7) is 4.96. The number of fused-ring (bicyclic) bond motifs is 1. The van der Waals surface area contributed by atoms with Crippen LogP contribution in [0.15, 0.2) is 53.7 Å². The van der Waals surface area contributed by atoms with Crippen molar-refractivity contribution in [2.24, 2.45) is 10.7 Å². The molecule has 0 atom stereocenters. The molecule has 0 unspecified atom stereocenters. The molecule has 0 bridgehead atoms. The predicted molar refractivity (Wildman–Crippen MR) is 129 cm³/mol. The maximum Gasteiger partial charge on any atom is 0.260 e. The second-order valence-electron chi connectivity index (χ2n) is 8.30. The van der Waals surface area contributed by atoms with Crippen LogP contribution in [-0.4, -0.2) is 74.2 Å². The number of aromatic nitrogens is 1. The van der Waals surface area contributed by atoms with Crippen molar-refractivity contribution in [2.45, 2.75) is 6.42 Å². The third kappa shape index (κ3) is 4.66. The van der Waals surface area contributed by atoms with Gasteiger partial charge in [0.2, 0.25) is 5.90 Å². The molecule has 3 heterocycles.